The van der Waals surface area contributed by atoms with Crippen LogP contribution in [0.2, 0.25) is 0 Å². The largest absolute Gasteiger partial charge is 0.507 e. The summed E-state index contributed by atoms with van der Waals surface area (Å²) in [5, 5.41) is 10.3. The van der Waals surface area contributed by atoms with E-state index in [2.05, 4.69) is 0 Å². The van der Waals surface area contributed by atoms with E-state index in [1.165, 1.54) is 0 Å². The van der Waals surface area contributed by atoms with Crippen LogP contribution in [0.25, 0.3) is 11.1 Å². The van der Waals surface area contributed by atoms with E-state index in [1.54, 1.807) is 37.3 Å². The zero-order valence-electron chi connectivity index (χ0n) is 13.6. The number of nitrogens with two attached hydrogens (primary N) is 1. The lowest BCUT2D eigenvalue weighted by Gasteiger charge is -2.26. The average molecular weight is 327 g/mol. The molecule has 0 bridgehead atoms. The Kier molecular flexibility index (Phi) is 4.71. The van der Waals surface area contributed by atoms with E-state index in [9.17, 15) is 9.90 Å². The van der Waals surface area contributed by atoms with Crippen molar-refractivity contribution < 1.29 is 19.4 Å². The Morgan fingerprint density at radius 3 is 2.75 bits per heavy atom. The van der Waals surface area contributed by atoms with Gasteiger partial charge in [-0.05, 0) is 55.2 Å². The highest BCUT2D eigenvalue weighted by Crippen LogP contribution is 2.38. The molecule has 0 saturated heterocycles. The van der Waals surface area contributed by atoms with Crippen LogP contribution in [0.5, 0.6) is 11.5 Å². The van der Waals surface area contributed by atoms with Gasteiger partial charge >= 0.3 is 5.97 Å². The Hall–Kier alpha value is -2.53. The lowest BCUT2D eigenvalue weighted by molar-refractivity contribution is 0.0526. The van der Waals surface area contributed by atoms with E-state index in [1.807, 2.05) is 6.07 Å². The Bertz CT molecular complexity index is 740. The maximum Gasteiger partial charge on any atom is 0.338 e. The summed E-state index contributed by atoms with van der Waals surface area (Å²) in [4.78, 5) is 11.7. The predicted octanol–water partition coefficient (Wildman–Crippen LogP) is 2.89. The van der Waals surface area contributed by atoms with Crippen molar-refractivity contribution in [2.75, 3.05) is 13.2 Å². The molecule has 1 aliphatic heterocycles. The van der Waals surface area contributed by atoms with E-state index in [4.69, 9.17) is 15.2 Å². The van der Waals surface area contributed by atoms with Gasteiger partial charge < -0.3 is 20.3 Å². The molecule has 1 aliphatic rings. The minimum absolute atomic E-state index is 0.0149. The molecular weight excluding hydrogens is 306 g/mol. The van der Waals surface area contributed by atoms with Crippen LogP contribution in [-0.2, 0) is 11.2 Å². The second-order valence-corrected chi connectivity index (χ2v) is 5.79. The van der Waals surface area contributed by atoms with Crippen molar-refractivity contribution in [1.29, 1.82) is 0 Å². The number of carbonyl (C=O) groups is 1. The summed E-state index contributed by atoms with van der Waals surface area (Å²) in [6.45, 7) is 2.59. The molecule has 2 aromatic carbocycles. The zero-order chi connectivity index (χ0) is 17.1. The normalized spacial score (nSPS) is 16.2. The van der Waals surface area contributed by atoms with Gasteiger partial charge in [0.2, 0.25) is 0 Å². The number of ether oxygens (including phenoxy) is 2. The fourth-order valence-electron chi connectivity index (χ4n) is 2.87. The van der Waals surface area contributed by atoms with Crippen molar-refractivity contribution in [1.82, 2.24) is 0 Å². The third-order valence-electron chi connectivity index (χ3n) is 4.18. The van der Waals surface area contributed by atoms with Crippen molar-refractivity contribution >= 4 is 5.97 Å². The van der Waals surface area contributed by atoms with Crippen molar-refractivity contribution in [3.05, 3.63) is 47.5 Å². The van der Waals surface area contributed by atoms with Crippen molar-refractivity contribution in [2.45, 2.75) is 25.9 Å². The first-order chi connectivity index (χ1) is 11.6. The molecule has 2 aromatic rings. The van der Waals surface area contributed by atoms with Crippen molar-refractivity contribution in [3.8, 4) is 22.6 Å². The summed E-state index contributed by atoms with van der Waals surface area (Å²) in [7, 11) is 0. The molecule has 0 fully saturated rings. The lowest BCUT2D eigenvalue weighted by atomic mass is 9.96. The van der Waals surface area contributed by atoms with Gasteiger partial charge in [0, 0.05) is 12.1 Å². The average Bonchev–Trinajstić information content (AvgIpc) is 2.61. The molecule has 0 aliphatic carbocycles. The van der Waals surface area contributed by atoms with Gasteiger partial charge in [0.05, 0.1) is 12.2 Å². The summed E-state index contributed by atoms with van der Waals surface area (Å²) >= 11 is 0. The van der Waals surface area contributed by atoms with E-state index in [-0.39, 0.29) is 17.8 Å². The van der Waals surface area contributed by atoms with E-state index in [0.717, 1.165) is 29.7 Å². The van der Waals surface area contributed by atoms with E-state index >= 15 is 0 Å². The second-order valence-electron chi connectivity index (χ2n) is 5.79. The first-order valence-electron chi connectivity index (χ1n) is 8.12. The highest BCUT2D eigenvalue weighted by atomic mass is 16.5. The minimum atomic E-state index is -0.354. The summed E-state index contributed by atoms with van der Waals surface area (Å²) in [6, 6.07) is 10.5. The maximum atomic E-state index is 11.7. The molecule has 0 saturated carbocycles. The highest BCUT2D eigenvalue weighted by Gasteiger charge is 2.21. The molecule has 5 nitrogen and oxygen atoms in total. The molecule has 0 amide bonds. The maximum absolute atomic E-state index is 11.7. The number of hydrogen-bond donors (Lipinski definition) is 2. The fourth-order valence-corrected chi connectivity index (χ4v) is 2.87. The molecule has 24 heavy (non-hydrogen) atoms. The zero-order valence-corrected chi connectivity index (χ0v) is 13.6. The molecule has 0 spiro atoms. The number of carbonyl (C=O) groups excluding carboxylic acids is 1. The Labute approximate surface area is 141 Å². The number of aryl methyl sites for hydroxylation is 1. The van der Waals surface area contributed by atoms with Crippen LogP contribution in [0.3, 0.4) is 0 Å². The van der Waals surface area contributed by atoms with Gasteiger partial charge in [-0.25, -0.2) is 4.79 Å². The molecule has 1 atom stereocenters. The number of hydrogen-bond acceptors (Lipinski definition) is 5. The molecule has 126 valence electrons. The predicted molar refractivity (Wildman–Crippen MR) is 91.3 cm³/mol. The van der Waals surface area contributed by atoms with Gasteiger partial charge in [-0.1, -0.05) is 12.1 Å². The molecule has 1 unspecified atom stereocenters. The van der Waals surface area contributed by atoms with Gasteiger partial charge in [-0.3, -0.25) is 0 Å². The Morgan fingerprint density at radius 1 is 1.33 bits per heavy atom. The SMILES string of the molecule is CCOC(=O)c1ccc(-c2cc3c(cc2O)CCC(CN)O3)cc1. The molecule has 3 N–H and O–H groups in total. The van der Waals surface area contributed by atoms with Gasteiger partial charge in [0.25, 0.3) is 0 Å². The first-order valence-corrected chi connectivity index (χ1v) is 8.12. The van der Waals surface area contributed by atoms with Crippen LogP contribution in [0.15, 0.2) is 36.4 Å². The fraction of sp³-hybridized carbons (Fsp3) is 0.316. The van der Waals surface area contributed by atoms with Gasteiger partial charge in [0.1, 0.15) is 17.6 Å². The Morgan fingerprint density at radius 2 is 2.08 bits per heavy atom. The van der Waals surface area contributed by atoms with Crippen LogP contribution in [0, 0.1) is 0 Å². The molecule has 0 aromatic heterocycles. The summed E-state index contributed by atoms with van der Waals surface area (Å²) in [5.74, 6) is 0.610. The van der Waals surface area contributed by atoms with Crippen LogP contribution in [0.1, 0.15) is 29.3 Å². The van der Waals surface area contributed by atoms with Crippen LogP contribution in [-0.4, -0.2) is 30.3 Å². The second kappa shape index (κ2) is 6.93. The molecular formula is C19H21NO4. The van der Waals surface area contributed by atoms with Gasteiger partial charge in [-0.2, -0.15) is 0 Å². The first kappa shape index (κ1) is 16.3. The summed E-state index contributed by atoms with van der Waals surface area (Å²) < 4.78 is 10.9. The molecule has 1 heterocycles. The Balaban J connectivity index is 1.90. The number of phenols is 1. The van der Waals surface area contributed by atoms with Crippen LogP contribution < -0.4 is 10.5 Å². The number of benzene rings is 2. The number of fused-ring (bicyclic) bond motifs is 1. The van der Waals surface area contributed by atoms with E-state index in [0.29, 0.717) is 24.3 Å². The monoisotopic (exact) mass is 327 g/mol. The third-order valence-corrected chi connectivity index (χ3v) is 4.18. The smallest absolute Gasteiger partial charge is 0.338 e. The summed E-state index contributed by atoms with van der Waals surface area (Å²) in [5.41, 5.74) is 8.64. The quantitative estimate of drug-likeness (QED) is 0.844. The molecule has 3 rings (SSSR count). The summed E-state index contributed by atoms with van der Waals surface area (Å²) in [6.07, 6.45) is 1.71. The van der Waals surface area contributed by atoms with Crippen molar-refractivity contribution in [3.63, 3.8) is 0 Å². The number of esters is 1. The van der Waals surface area contributed by atoms with E-state index < -0.39 is 0 Å². The topological polar surface area (TPSA) is 81.8 Å². The van der Waals surface area contributed by atoms with Crippen LogP contribution in [0.4, 0.5) is 0 Å². The molecule has 0 radical (unpaired) electrons. The third kappa shape index (κ3) is 3.21. The van der Waals surface area contributed by atoms with Gasteiger partial charge in [0.15, 0.2) is 0 Å². The standard InChI is InChI=1S/C19H21NO4/c1-2-23-19(22)13-5-3-12(4-6-13)16-10-18-14(9-17(16)21)7-8-15(11-20)24-18/h3-6,9-10,15,21H,2,7-8,11,20H2,1H3. The highest BCUT2D eigenvalue weighted by molar-refractivity contribution is 5.90. The number of phenolic OH excluding ortho intramolecular Hbond substituents is 1. The molecule has 5 heteroatoms. The lowest BCUT2D eigenvalue weighted by Crippen LogP contribution is -2.30. The number of rotatable bonds is 4. The van der Waals surface area contributed by atoms with Gasteiger partial charge in [-0.15, -0.1) is 0 Å². The van der Waals surface area contributed by atoms with Crippen LogP contribution >= 0.6 is 0 Å². The number of aromatic hydroxyl groups is 1. The van der Waals surface area contributed by atoms with Crippen molar-refractivity contribution in [2.24, 2.45) is 5.73 Å². The minimum Gasteiger partial charge on any atom is -0.507 e.